The zero-order valence-corrected chi connectivity index (χ0v) is 11.8. The van der Waals surface area contributed by atoms with Crippen molar-refractivity contribution < 1.29 is 15.1 Å². The van der Waals surface area contributed by atoms with Gasteiger partial charge < -0.3 is 0 Å². The predicted molar refractivity (Wildman–Crippen MR) is 57.6 cm³/mol. The first-order valence-electron chi connectivity index (χ1n) is 4.16. The zero-order chi connectivity index (χ0) is 10.6. The Labute approximate surface area is 97.1 Å². The van der Waals surface area contributed by atoms with Crippen LogP contribution in [0.4, 0.5) is 0 Å². The first kappa shape index (κ1) is 13.7. The quantitative estimate of drug-likeness (QED) is 0.570. The van der Waals surface area contributed by atoms with Crippen LogP contribution in [0.1, 0.15) is 34.6 Å². The molecule has 0 fully saturated rings. The molecular weight excluding hydrogens is 294 g/mol. The monoisotopic (exact) mass is 309 g/mol. The fraction of sp³-hybridized carbons (Fsp3) is 0.600. The summed E-state index contributed by atoms with van der Waals surface area (Å²) in [5, 5.41) is 0. The van der Waals surface area contributed by atoms with Gasteiger partial charge in [0.1, 0.15) is 0 Å². The van der Waals surface area contributed by atoms with Crippen molar-refractivity contribution in [1.82, 2.24) is 0 Å². The van der Waals surface area contributed by atoms with Crippen molar-refractivity contribution in [2.75, 3.05) is 0 Å². The van der Waals surface area contributed by atoms with Gasteiger partial charge in [0, 0.05) is 0 Å². The summed E-state index contributed by atoms with van der Waals surface area (Å²) < 4.78 is 0. The van der Waals surface area contributed by atoms with Crippen molar-refractivity contribution in [2.24, 2.45) is 5.92 Å². The van der Waals surface area contributed by atoms with Gasteiger partial charge >= 0.3 is 34.5 Å². The van der Waals surface area contributed by atoms with E-state index in [0.717, 1.165) is 0 Å². The third-order valence-corrected chi connectivity index (χ3v) is 3.04. The van der Waals surface area contributed by atoms with Crippen molar-refractivity contribution in [3.05, 3.63) is 22.3 Å². The van der Waals surface area contributed by atoms with Gasteiger partial charge in [0.25, 0.3) is 0 Å². The molecule has 0 spiro atoms. The Hall–Kier alpha value is 0.683. The molecule has 0 radical (unpaired) electrons. The Bertz CT molecular complexity index is 217. The molecule has 0 aromatic rings. The molecule has 1 rings (SSSR count). The molecule has 0 nitrogen and oxygen atoms in total. The van der Waals surface area contributed by atoms with E-state index >= 15 is 0 Å². The van der Waals surface area contributed by atoms with Crippen LogP contribution in [0.5, 0.6) is 0 Å². The van der Waals surface area contributed by atoms with E-state index in [2.05, 4.69) is 34.6 Å². The summed E-state index contributed by atoms with van der Waals surface area (Å²) in [5.74, 6) is 0.694. The van der Waals surface area contributed by atoms with Crippen LogP contribution in [0.25, 0.3) is 0 Å². The number of hydrogen-bond donors (Lipinski definition) is 0. The van der Waals surface area contributed by atoms with Crippen molar-refractivity contribution in [2.45, 2.75) is 34.6 Å². The van der Waals surface area contributed by atoms with Crippen LogP contribution in [0.15, 0.2) is 22.3 Å². The van der Waals surface area contributed by atoms with Crippen LogP contribution in [0, 0.1) is 5.92 Å². The first-order valence-corrected chi connectivity index (χ1v) is 8.38. The Balaban J connectivity index is 0.000000424. The Kier molecular flexibility index (Phi) is 6.55. The molecule has 0 unspecified atom stereocenters. The maximum atomic E-state index is 4.83. The fourth-order valence-electron chi connectivity index (χ4n) is 1.57. The summed E-state index contributed by atoms with van der Waals surface area (Å²) in [5.41, 5.74) is 6.11. The average Bonchev–Trinajstić information content (AvgIpc) is 2.25. The molecule has 0 aliphatic heterocycles. The van der Waals surface area contributed by atoms with Crippen LogP contribution >= 0.6 is 19.4 Å². The average molecular weight is 310 g/mol. The second-order valence-electron chi connectivity index (χ2n) is 3.39. The molecule has 0 atom stereocenters. The predicted octanol–water partition coefficient (Wildman–Crippen LogP) is 4.69. The molecule has 0 saturated heterocycles. The van der Waals surface area contributed by atoms with Gasteiger partial charge in [-0.15, -0.1) is 0 Å². The van der Waals surface area contributed by atoms with Crippen molar-refractivity contribution in [3.8, 4) is 0 Å². The molecular formula is C10H16Cl2Rh. The Morgan fingerprint density at radius 1 is 0.923 bits per heavy atom. The second kappa shape index (κ2) is 6.22. The summed E-state index contributed by atoms with van der Waals surface area (Å²) in [6.45, 7) is 11.2. The molecule has 0 bridgehead atoms. The Morgan fingerprint density at radius 3 is 1.23 bits per heavy atom. The van der Waals surface area contributed by atoms with Crippen LogP contribution in [0.3, 0.4) is 0 Å². The van der Waals surface area contributed by atoms with Gasteiger partial charge in [-0.05, 0) is 44.8 Å². The number of hydrogen-bond acceptors (Lipinski definition) is 0. The summed E-state index contributed by atoms with van der Waals surface area (Å²) >= 11 is -0.226. The van der Waals surface area contributed by atoms with Crippen molar-refractivity contribution >= 4 is 19.4 Å². The van der Waals surface area contributed by atoms with Gasteiger partial charge in [0.05, 0.1) is 0 Å². The molecule has 0 heterocycles. The molecule has 1 aliphatic rings. The molecule has 0 saturated carbocycles. The van der Waals surface area contributed by atoms with E-state index in [4.69, 9.17) is 19.4 Å². The van der Waals surface area contributed by atoms with Crippen molar-refractivity contribution in [1.29, 1.82) is 0 Å². The van der Waals surface area contributed by atoms with E-state index in [0.29, 0.717) is 5.92 Å². The molecule has 0 N–H and O–H groups in total. The van der Waals surface area contributed by atoms with Crippen LogP contribution in [-0.4, -0.2) is 0 Å². The molecule has 3 heteroatoms. The van der Waals surface area contributed by atoms with Crippen LogP contribution in [-0.2, 0) is 15.1 Å². The van der Waals surface area contributed by atoms with Gasteiger partial charge in [-0.3, -0.25) is 0 Å². The Morgan fingerprint density at radius 2 is 1.15 bits per heavy atom. The third kappa shape index (κ3) is 3.38. The zero-order valence-electron chi connectivity index (χ0n) is 8.67. The van der Waals surface area contributed by atoms with Gasteiger partial charge in [-0.1, -0.05) is 18.1 Å². The molecule has 79 valence electrons. The topological polar surface area (TPSA) is 0 Å². The molecule has 13 heavy (non-hydrogen) atoms. The van der Waals surface area contributed by atoms with Gasteiger partial charge in [0.15, 0.2) is 0 Å². The summed E-state index contributed by atoms with van der Waals surface area (Å²) in [4.78, 5) is 0. The van der Waals surface area contributed by atoms with Crippen LogP contribution in [0.2, 0.25) is 0 Å². The number of rotatable bonds is 0. The number of halogens is 2. The van der Waals surface area contributed by atoms with E-state index in [1.54, 1.807) is 11.1 Å². The van der Waals surface area contributed by atoms with Crippen molar-refractivity contribution in [3.63, 3.8) is 0 Å². The molecule has 0 aromatic heterocycles. The van der Waals surface area contributed by atoms with E-state index in [-0.39, 0.29) is 15.1 Å². The summed E-state index contributed by atoms with van der Waals surface area (Å²) in [7, 11) is 9.67. The summed E-state index contributed by atoms with van der Waals surface area (Å²) in [6, 6.07) is 0. The van der Waals surface area contributed by atoms with E-state index in [9.17, 15) is 0 Å². The maximum absolute atomic E-state index is 4.83. The van der Waals surface area contributed by atoms with Gasteiger partial charge in [-0.25, -0.2) is 0 Å². The van der Waals surface area contributed by atoms with Crippen LogP contribution < -0.4 is 0 Å². The van der Waals surface area contributed by atoms with Gasteiger partial charge in [-0.2, -0.15) is 0 Å². The second-order valence-corrected chi connectivity index (χ2v) is 5.87. The minimum atomic E-state index is -0.226. The molecule has 0 amide bonds. The van der Waals surface area contributed by atoms with E-state index in [1.807, 2.05) is 0 Å². The van der Waals surface area contributed by atoms with E-state index < -0.39 is 0 Å². The third-order valence-electron chi connectivity index (χ3n) is 3.04. The normalized spacial score (nSPS) is 18.1. The fourth-order valence-corrected chi connectivity index (χ4v) is 1.57. The summed E-state index contributed by atoms with van der Waals surface area (Å²) in [6.07, 6.45) is 0. The standard InChI is InChI=1S/C10H16.2ClH.Rh/c1-6-7(2)9(4)10(5)8(6)3;;;/h6H,1-5H3;2*1H;/q;;;+2/p-2. The first-order chi connectivity index (χ1) is 5.97. The molecule has 1 aliphatic carbocycles. The SMILES string of the molecule is CC1=C(C)C(C)C(C)=C1C.[Cl][Rh][Cl]. The minimum absolute atomic E-state index is 0.226. The van der Waals surface area contributed by atoms with E-state index in [1.165, 1.54) is 11.1 Å². The molecule has 0 aromatic carbocycles. The van der Waals surface area contributed by atoms with Gasteiger partial charge in [0.2, 0.25) is 0 Å². The number of allylic oxidation sites excluding steroid dienone is 4.